The van der Waals surface area contributed by atoms with Crippen molar-refractivity contribution in [2.24, 2.45) is 0 Å². The van der Waals surface area contributed by atoms with E-state index in [4.69, 9.17) is 0 Å². The number of piperidine rings is 1. The molecule has 2 aromatic rings. The summed E-state index contributed by atoms with van der Waals surface area (Å²) in [7, 11) is 0. The van der Waals surface area contributed by atoms with E-state index in [0.717, 1.165) is 25.9 Å². The molecule has 2 aromatic carbocycles. The van der Waals surface area contributed by atoms with Crippen molar-refractivity contribution < 1.29 is 9.59 Å². The largest absolute Gasteiger partial charge is 0.368 e. The van der Waals surface area contributed by atoms with Crippen LogP contribution in [0.2, 0.25) is 0 Å². The minimum atomic E-state index is -0.0645. The predicted molar refractivity (Wildman–Crippen MR) is 93.2 cm³/mol. The molecule has 0 atom stereocenters. The topological polar surface area (TPSA) is 37.4 Å². The summed E-state index contributed by atoms with van der Waals surface area (Å²) in [4.78, 5) is 27.1. The number of carbonyl (C=O) groups is 2. The molecule has 2 aliphatic rings. The zero-order valence-corrected chi connectivity index (χ0v) is 13.4. The van der Waals surface area contributed by atoms with Gasteiger partial charge in [0.2, 0.25) is 5.78 Å². The van der Waals surface area contributed by atoms with Crippen molar-refractivity contribution in [3.05, 3.63) is 83.1 Å². The van der Waals surface area contributed by atoms with Crippen LogP contribution >= 0.6 is 0 Å². The highest BCUT2D eigenvalue weighted by atomic mass is 16.1. The number of benzene rings is 2. The fraction of sp³-hybridized carbons (Fsp3) is 0.238. The minimum absolute atomic E-state index is 0.0247. The van der Waals surface area contributed by atoms with Crippen molar-refractivity contribution in [3.8, 4) is 0 Å². The minimum Gasteiger partial charge on any atom is -0.368 e. The fourth-order valence-corrected chi connectivity index (χ4v) is 3.72. The quantitative estimate of drug-likeness (QED) is 0.845. The number of rotatable bonds is 2. The molecule has 4 rings (SSSR count). The molecule has 1 aliphatic carbocycles. The number of fused-ring (bicyclic) bond motifs is 1. The number of nitrogens with zero attached hydrogens (tertiary/aromatic N) is 1. The van der Waals surface area contributed by atoms with Crippen LogP contribution in [0.1, 0.15) is 45.0 Å². The summed E-state index contributed by atoms with van der Waals surface area (Å²) in [6.45, 7) is 1.62. The summed E-state index contributed by atoms with van der Waals surface area (Å²) < 4.78 is 0. The standard InChI is InChI=1S/C21H19NO2/c23-20-14-19(21(24)18-9-5-4-8-17(18)20)22-12-10-16(11-13-22)15-6-2-1-3-7-15/h1-9,14,16H,10-13H2. The third kappa shape index (κ3) is 2.56. The first-order chi connectivity index (χ1) is 11.7. The number of allylic oxidation sites excluding steroid dienone is 2. The summed E-state index contributed by atoms with van der Waals surface area (Å²) in [6.07, 6.45) is 3.53. The molecule has 3 nitrogen and oxygen atoms in total. The molecule has 0 saturated carbocycles. The van der Waals surface area contributed by atoms with Crippen LogP contribution in [0.3, 0.4) is 0 Å². The molecule has 120 valence electrons. The van der Waals surface area contributed by atoms with Crippen LogP contribution in [0.25, 0.3) is 0 Å². The Morgan fingerprint density at radius 2 is 1.42 bits per heavy atom. The van der Waals surface area contributed by atoms with Gasteiger partial charge in [-0.15, -0.1) is 0 Å². The number of ketones is 2. The number of hydrogen-bond donors (Lipinski definition) is 0. The smallest absolute Gasteiger partial charge is 0.209 e. The van der Waals surface area contributed by atoms with Crippen molar-refractivity contribution in [1.82, 2.24) is 4.90 Å². The number of hydrogen-bond acceptors (Lipinski definition) is 3. The molecule has 1 aliphatic heterocycles. The van der Waals surface area contributed by atoms with Crippen LogP contribution in [0.5, 0.6) is 0 Å². The lowest BCUT2D eigenvalue weighted by molar-refractivity contribution is 0.0941. The van der Waals surface area contributed by atoms with E-state index in [1.165, 1.54) is 11.6 Å². The number of carbonyl (C=O) groups excluding carboxylic acids is 2. The number of Topliss-reactive ketones (excluding diaryl/α,β-unsaturated/α-hetero) is 1. The first-order valence-corrected chi connectivity index (χ1v) is 8.43. The van der Waals surface area contributed by atoms with Crippen LogP contribution in [0.15, 0.2) is 66.4 Å². The van der Waals surface area contributed by atoms with Crippen molar-refractivity contribution >= 4 is 11.6 Å². The Morgan fingerprint density at radius 3 is 2.12 bits per heavy atom. The molecule has 0 bridgehead atoms. The molecule has 0 spiro atoms. The van der Waals surface area contributed by atoms with Crippen LogP contribution in [-0.4, -0.2) is 29.6 Å². The van der Waals surface area contributed by atoms with Crippen molar-refractivity contribution in [1.29, 1.82) is 0 Å². The van der Waals surface area contributed by atoms with Gasteiger partial charge in [0.15, 0.2) is 5.78 Å². The van der Waals surface area contributed by atoms with E-state index >= 15 is 0 Å². The maximum atomic E-state index is 12.8. The van der Waals surface area contributed by atoms with Crippen molar-refractivity contribution in [3.63, 3.8) is 0 Å². The van der Waals surface area contributed by atoms with Gasteiger partial charge in [-0.3, -0.25) is 9.59 Å². The van der Waals surface area contributed by atoms with Crippen molar-refractivity contribution in [2.45, 2.75) is 18.8 Å². The summed E-state index contributed by atoms with van der Waals surface area (Å²) >= 11 is 0. The SMILES string of the molecule is O=C1C=C(N2CCC(c3ccccc3)CC2)C(=O)c2ccccc21. The molecule has 0 N–H and O–H groups in total. The van der Waals surface area contributed by atoms with Gasteiger partial charge in [-0.1, -0.05) is 54.6 Å². The zero-order chi connectivity index (χ0) is 16.5. The molecular formula is C21H19NO2. The van der Waals surface area contributed by atoms with E-state index in [-0.39, 0.29) is 11.6 Å². The van der Waals surface area contributed by atoms with Crippen LogP contribution in [0, 0.1) is 0 Å². The lowest BCUT2D eigenvalue weighted by atomic mass is 9.87. The Balaban J connectivity index is 1.52. The van der Waals surface area contributed by atoms with Crippen LogP contribution in [-0.2, 0) is 0 Å². The monoisotopic (exact) mass is 317 g/mol. The Labute approximate surface area is 141 Å². The second-order valence-corrected chi connectivity index (χ2v) is 6.44. The molecular weight excluding hydrogens is 298 g/mol. The molecule has 3 heteroatoms. The molecule has 0 unspecified atom stereocenters. The average Bonchev–Trinajstić information content (AvgIpc) is 2.66. The third-order valence-corrected chi connectivity index (χ3v) is 5.04. The summed E-state index contributed by atoms with van der Waals surface area (Å²) in [5, 5.41) is 0. The fourth-order valence-electron chi connectivity index (χ4n) is 3.72. The molecule has 0 radical (unpaired) electrons. The average molecular weight is 317 g/mol. The van der Waals surface area contributed by atoms with Gasteiger partial charge in [0.25, 0.3) is 0 Å². The van der Waals surface area contributed by atoms with E-state index in [9.17, 15) is 9.59 Å². The lowest BCUT2D eigenvalue weighted by Crippen LogP contribution is -2.37. The first kappa shape index (κ1) is 14.9. The molecule has 24 heavy (non-hydrogen) atoms. The maximum Gasteiger partial charge on any atom is 0.209 e. The Morgan fingerprint density at radius 1 is 0.792 bits per heavy atom. The Bertz CT molecular complexity index is 815. The zero-order valence-electron chi connectivity index (χ0n) is 13.4. The van der Waals surface area contributed by atoms with Crippen LogP contribution < -0.4 is 0 Å². The molecule has 0 aromatic heterocycles. The van der Waals surface area contributed by atoms with Gasteiger partial charge in [-0.25, -0.2) is 0 Å². The van der Waals surface area contributed by atoms with E-state index in [0.29, 0.717) is 22.7 Å². The molecule has 0 amide bonds. The van der Waals surface area contributed by atoms with E-state index < -0.39 is 0 Å². The van der Waals surface area contributed by atoms with Gasteiger partial charge in [-0.05, 0) is 24.3 Å². The molecule has 1 heterocycles. The highest BCUT2D eigenvalue weighted by Crippen LogP contribution is 2.31. The Kier molecular flexibility index (Phi) is 3.77. The highest BCUT2D eigenvalue weighted by molar-refractivity contribution is 6.24. The Hall–Kier alpha value is -2.68. The van der Waals surface area contributed by atoms with Crippen molar-refractivity contribution in [2.75, 3.05) is 13.1 Å². The predicted octanol–water partition coefficient (Wildman–Crippen LogP) is 3.83. The second kappa shape index (κ2) is 6.08. The molecule has 1 fully saturated rings. The van der Waals surface area contributed by atoms with E-state index in [2.05, 4.69) is 29.2 Å². The van der Waals surface area contributed by atoms with E-state index in [1.807, 2.05) is 12.1 Å². The maximum absolute atomic E-state index is 12.8. The normalized spacial score (nSPS) is 18.3. The summed E-state index contributed by atoms with van der Waals surface area (Å²) in [5.74, 6) is 0.443. The molecule has 1 saturated heterocycles. The summed E-state index contributed by atoms with van der Waals surface area (Å²) in [5.41, 5.74) is 2.98. The lowest BCUT2D eigenvalue weighted by Gasteiger charge is -2.35. The first-order valence-electron chi connectivity index (χ1n) is 8.43. The van der Waals surface area contributed by atoms with Gasteiger partial charge >= 0.3 is 0 Å². The van der Waals surface area contributed by atoms with Gasteiger partial charge in [0, 0.05) is 30.3 Å². The number of likely N-dealkylation sites (tertiary alicyclic amines) is 1. The van der Waals surface area contributed by atoms with Gasteiger partial charge in [0.1, 0.15) is 0 Å². The van der Waals surface area contributed by atoms with Crippen LogP contribution in [0.4, 0.5) is 0 Å². The van der Waals surface area contributed by atoms with Gasteiger partial charge in [0.05, 0.1) is 5.70 Å². The highest BCUT2D eigenvalue weighted by Gasteiger charge is 2.30. The van der Waals surface area contributed by atoms with Gasteiger partial charge < -0.3 is 4.90 Å². The third-order valence-electron chi connectivity index (χ3n) is 5.04. The summed E-state index contributed by atoms with van der Waals surface area (Å²) in [6, 6.07) is 17.6. The van der Waals surface area contributed by atoms with Gasteiger partial charge in [-0.2, -0.15) is 0 Å². The second-order valence-electron chi connectivity index (χ2n) is 6.44. The van der Waals surface area contributed by atoms with E-state index in [1.54, 1.807) is 18.2 Å².